The molecule has 5 rings (SSSR count). The lowest BCUT2D eigenvalue weighted by atomic mass is 10.0. The number of carboxylic acids is 1. The molecule has 0 aromatic carbocycles. The van der Waals surface area contributed by atoms with Crippen LogP contribution in [0.1, 0.15) is 5.82 Å². The largest absolute Gasteiger partial charge is 0.477 e. The predicted octanol–water partition coefficient (Wildman–Crippen LogP) is 0.412. The van der Waals surface area contributed by atoms with Gasteiger partial charge in [-0.25, -0.2) is 4.79 Å². The van der Waals surface area contributed by atoms with Crippen molar-refractivity contribution in [3.63, 3.8) is 0 Å². The van der Waals surface area contributed by atoms with E-state index >= 15 is 0 Å². The molecule has 1 fully saturated rings. The summed E-state index contributed by atoms with van der Waals surface area (Å²) in [6, 6.07) is 3.05. The first-order chi connectivity index (χ1) is 16.9. The normalized spacial score (nSPS) is 20.0. The fourth-order valence-corrected chi connectivity index (χ4v) is 6.48. The van der Waals surface area contributed by atoms with Crippen molar-refractivity contribution in [3.05, 3.63) is 47.0 Å². The van der Waals surface area contributed by atoms with Gasteiger partial charge < -0.3 is 21.0 Å². The molecule has 180 valence electrons. The zero-order valence-corrected chi connectivity index (χ0v) is 20.5. The second kappa shape index (κ2) is 9.24. The van der Waals surface area contributed by atoms with Gasteiger partial charge in [0.05, 0.1) is 4.70 Å². The van der Waals surface area contributed by atoms with Crippen LogP contribution in [0.4, 0.5) is 5.13 Å². The number of carbonyl (C=O) groups is 3. The highest BCUT2D eigenvalue weighted by atomic mass is 32.2. The minimum Gasteiger partial charge on any atom is -0.477 e. The van der Waals surface area contributed by atoms with Crippen LogP contribution in [0.15, 0.2) is 46.3 Å². The van der Waals surface area contributed by atoms with Crippen molar-refractivity contribution in [3.8, 4) is 0 Å². The number of hydrogen-bond acceptors (Lipinski definition) is 11. The molecule has 0 saturated carbocycles. The van der Waals surface area contributed by atoms with Gasteiger partial charge in [-0.3, -0.25) is 14.5 Å². The number of carbonyl (C=O) groups excluding carboxylic acids is 2. The number of rotatable bonds is 7. The maximum absolute atomic E-state index is 13.0. The Balaban J connectivity index is 1.36. The van der Waals surface area contributed by atoms with E-state index in [2.05, 4.69) is 19.8 Å². The van der Waals surface area contributed by atoms with Crippen LogP contribution in [0.25, 0.3) is 10.1 Å². The molecule has 12 nitrogen and oxygen atoms in total. The van der Waals surface area contributed by atoms with Crippen LogP contribution in [-0.2, 0) is 25.8 Å². The second-order valence-electron chi connectivity index (χ2n) is 7.55. The molecular formula is C20H18N7O5S3+. The second-order valence-corrected chi connectivity index (χ2v) is 10.4. The van der Waals surface area contributed by atoms with Gasteiger partial charge in [0, 0.05) is 34.3 Å². The summed E-state index contributed by atoms with van der Waals surface area (Å²) < 4.78 is 6.94. The maximum Gasteiger partial charge on any atom is 0.352 e. The molecule has 3 aromatic heterocycles. The molecule has 1 unspecified atom stereocenters. The van der Waals surface area contributed by atoms with Gasteiger partial charge in [-0.15, -0.1) is 23.1 Å². The Labute approximate surface area is 210 Å². The molecule has 0 aliphatic carbocycles. The van der Waals surface area contributed by atoms with E-state index < -0.39 is 29.2 Å². The molecule has 4 N–H and O–H groups in total. The lowest BCUT2D eigenvalue weighted by Crippen LogP contribution is -2.71. The van der Waals surface area contributed by atoms with Crippen molar-refractivity contribution in [1.29, 1.82) is 0 Å². The Morgan fingerprint density at radius 2 is 2.26 bits per heavy atom. The average molecular weight is 533 g/mol. The Kier molecular flexibility index (Phi) is 6.12. The predicted molar refractivity (Wildman–Crippen MR) is 130 cm³/mol. The van der Waals surface area contributed by atoms with E-state index in [1.165, 1.54) is 23.8 Å². The molecule has 0 radical (unpaired) electrons. The third-order valence-electron chi connectivity index (χ3n) is 5.42. The van der Waals surface area contributed by atoms with Crippen molar-refractivity contribution < 1.29 is 28.9 Å². The quantitative estimate of drug-likeness (QED) is 0.169. The van der Waals surface area contributed by atoms with E-state index in [0.717, 1.165) is 21.6 Å². The van der Waals surface area contributed by atoms with Crippen LogP contribution in [-0.4, -0.2) is 67.1 Å². The van der Waals surface area contributed by atoms with Gasteiger partial charge in [-0.1, -0.05) is 5.16 Å². The molecule has 2 aliphatic rings. The van der Waals surface area contributed by atoms with Gasteiger partial charge in [-0.05, 0) is 11.4 Å². The fraction of sp³-hybridized carbons (Fsp3) is 0.250. The van der Waals surface area contributed by atoms with Gasteiger partial charge in [0.2, 0.25) is 11.5 Å². The number of nitrogens with one attached hydrogen (secondary N) is 1. The molecule has 3 aromatic rings. The number of anilines is 1. The Morgan fingerprint density at radius 1 is 1.43 bits per heavy atom. The first kappa shape index (κ1) is 23.2. The highest BCUT2D eigenvalue weighted by Gasteiger charge is 2.54. The van der Waals surface area contributed by atoms with Crippen LogP contribution in [0.5, 0.6) is 0 Å². The number of thioether (sulfide) groups is 1. The summed E-state index contributed by atoms with van der Waals surface area (Å²) in [5.74, 6) is -2.08. The zero-order valence-electron chi connectivity index (χ0n) is 18.1. The number of aromatic nitrogens is 3. The summed E-state index contributed by atoms with van der Waals surface area (Å²) in [7, 11) is 1.26. The molecule has 15 heteroatoms. The van der Waals surface area contributed by atoms with Crippen LogP contribution in [0.3, 0.4) is 0 Å². The van der Waals surface area contributed by atoms with Gasteiger partial charge in [-0.2, -0.15) is 13.9 Å². The Morgan fingerprint density at radius 3 is 2.97 bits per heavy atom. The van der Waals surface area contributed by atoms with Crippen LogP contribution in [0.2, 0.25) is 0 Å². The van der Waals surface area contributed by atoms with Crippen molar-refractivity contribution in [2.24, 2.45) is 5.16 Å². The summed E-state index contributed by atoms with van der Waals surface area (Å²) in [6.07, 6.45) is 3.84. The van der Waals surface area contributed by atoms with Crippen LogP contribution >= 0.6 is 34.6 Å². The van der Waals surface area contributed by atoms with Crippen molar-refractivity contribution in [1.82, 2.24) is 19.6 Å². The average Bonchev–Trinajstić information content (AvgIpc) is 3.48. The van der Waals surface area contributed by atoms with Gasteiger partial charge in [0.25, 0.3) is 11.8 Å². The molecule has 2 aliphatic heterocycles. The monoisotopic (exact) mass is 532 g/mol. The number of nitrogens with two attached hydrogens (primary N) is 1. The summed E-state index contributed by atoms with van der Waals surface area (Å²) in [5, 5.41) is 18.9. The molecule has 5 heterocycles. The third-order valence-corrected chi connectivity index (χ3v) is 8.17. The van der Waals surface area contributed by atoms with Gasteiger partial charge in [0.1, 0.15) is 24.2 Å². The molecule has 1 saturated heterocycles. The molecule has 0 bridgehead atoms. The van der Waals surface area contributed by atoms with Gasteiger partial charge in [0.15, 0.2) is 24.1 Å². The number of β-lactam (4-membered cyclic amide) rings is 1. The van der Waals surface area contributed by atoms with E-state index in [-0.39, 0.29) is 22.4 Å². The van der Waals surface area contributed by atoms with Crippen LogP contribution < -0.4 is 15.6 Å². The standard InChI is InChI=1S/C20H17N7O5S3/c1-32-24-12(15-23-20(21)35-25-15)16(28)22-13-17(29)27-14(19(30)31)10(8-34-18(13)27)6-26-4-2-9-3-5-33-11(9)7-26/h2-5,7,13,18H,6,8H2,1H3,(H3-,21,22,23,25,28,30,31)/p+1/t13?,18-/m0/s1. The maximum atomic E-state index is 13.0. The Bertz CT molecular complexity index is 1410. The number of amides is 2. The SMILES string of the molecule is CON=C(C(=O)NC1C(=O)N2C(C(=O)O)=C(C[n+]3ccc4ccsc4c3)CS[C@@H]12)c1nsc(N)n1. The fourth-order valence-electron chi connectivity index (χ4n) is 3.88. The van der Waals surface area contributed by atoms with Gasteiger partial charge >= 0.3 is 5.97 Å². The number of carboxylic acid groups (broad SMARTS) is 1. The zero-order chi connectivity index (χ0) is 24.7. The summed E-state index contributed by atoms with van der Waals surface area (Å²) in [4.78, 5) is 47.8. The number of nitrogens with zero attached hydrogens (tertiary/aromatic N) is 5. The highest BCUT2D eigenvalue weighted by molar-refractivity contribution is 8.00. The van der Waals surface area contributed by atoms with Crippen LogP contribution in [0, 0.1) is 0 Å². The van der Waals surface area contributed by atoms with Crippen molar-refractivity contribution in [2.45, 2.75) is 18.0 Å². The number of thiophene rings is 1. The first-order valence-electron chi connectivity index (χ1n) is 10.1. The number of oxime groups is 1. The lowest BCUT2D eigenvalue weighted by Gasteiger charge is -2.49. The minimum atomic E-state index is -1.19. The van der Waals surface area contributed by atoms with E-state index in [0.29, 0.717) is 17.9 Å². The smallest absolute Gasteiger partial charge is 0.352 e. The number of fused-ring (bicyclic) bond motifs is 2. The summed E-state index contributed by atoms with van der Waals surface area (Å²) in [5.41, 5.74) is 5.91. The first-order valence-corrected chi connectivity index (χ1v) is 12.9. The minimum absolute atomic E-state index is 0.0279. The molecule has 2 atom stereocenters. The van der Waals surface area contributed by atoms with E-state index in [9.17, 15) is 19.5 Å². The van der Waals surface area contributed by atoms with E-state index in [1.54, 1.807) is 11.3 Å². The highest BCUT2D eigenvalue weighted by Crippen LogP contribution is 2.40. The summed E-state index contributed by atoms with van der Waals surface area (Å²) in [6.45, 7) is 0.331. The topological polar surface area (TPSA) is 164 Å². The molecular weight excluding hydrogens is 514 g/mol. The molecule has 0 spiro atoms. The van der Waals surface area contributed by atoms with E-state index in [1.807, 2.05) is 34.5 Å². The van der Waals surface area contributed by atoms with E-state index in [4.69, 9.17) is 10.6 Å². The lowest BCUT2D eigenvalue weighted by molar-refractivity contribution is -0.687. The summed E-state index contributed by atoms with van der Waals surface area (Å²) >= 11 is 3.87. The number of nitrogen functional groups attached to an aromatic ring is 1. The third kappa shape index (κ3) is 4.21. The molecule has 2 amide bonds. The van der Waals surface area contributed by atoms with Crippen molar-refractivity contribution >= 4 is 73.3 Å². The Hall–Kier alpha value is -3.56. The van der Waals surface area contributed by atoms with Crippen molar-refractivity contribution in [2.75, 3.05) is 18.6 Å². The molecule has 35 heavy (non-hydrogen) atoms. The number of aliphatic carboxylic acids is 1. The number of pyridine rings is 1. The number of hydrogen-bond donors (Lipinski definition) is 3.